The van der Waals surface area contributed by atoms with Gasteiger partial charge < -0.3 is 9.32 Å². The molecule has 0 atom stereocenters. The first-order chi connectivity index (χ1) is 13.3. The molecule has 1 saturated heterocycles. The lowest BCUT2D eigenvalue weighted by atomic mass is 9.96. The van der Waals surface area contributed by atoms with Gasteiger partial charge in [0.05, 0.1) is 17.3 Å². The number of nitrogens with zero attached hydrogens (tertiary/aromatic N) is 4. The summed E-state index contributed by atoms with van der Waals surface area (Å²) < 4.78 is 7.56. The van der Waals surface area contributed by atoms with Crippen LogP contribution in [0.5, 0.6) is 0 Å². The van der Waals surface area contributed by atoms with E-state index in [2.05, 4.69) is 10.1 Å². The third-order valence-electron chi connectivity index (χ3n) is 5.17. The molecular weight excluding hydrogens is 356 g/mol. The van der Waals surface area contributed by atoms with E-state index >= 15 is 0 Å². The van der Waals surface area contributed by atoms with Crippen molar-refractivity contribution >= 4 is 22.8 Å². The number of ketones is 1. The molecule has 0 radical (unpaired) electrons. The Hall–Kier alpha value is -2.96. The van der Waals surface area contributed by atoms with Gasteiger partial charge in [-0.25, -0.2) is 4.98 Å². The van der Waals surface area contributed by atoms with Crippen LogP contribution in [0.25, 0.3) is 11.1 Å². The van der Waals surface area contributed by atoms with Crippen LogP contribution in [0.15, 0.2) is 41.1 Å². The van der Waals surface area contributed by atoms with E-state index < -0.39 is 11.7 Å². The number of Topliss-reactive ketones (excluding diaryl/α,β-unsaturated/α-hetero) is 1. The van der Waals surface area contributed by atoms with E-state index in [1.165, 1.54) is 6.20 Å². The fourth-order valence-electron chi connectivity index (χ4n) is 3.47. The standard InChI is InChI=1S/C21H24N4O3/c1-21(2,3)25-13-15(12-22-25)18(26)20(27)24-10-8-14(9-11-24)19-23-16-6-4-5-7-17(16)28-19/h4-7,12-14H,8-11H2,1-3H3. The highest BCUT2D eigenvalue weighted by Gasteiger charge is 2.31. The van der Waals surface area contributed by atoms with Gasteiger partial charge in [-0.15, -0.1) is 0 Å². The average Bonchev–Trinajstić information content (AvgIpc) is 3.34. The largest absolute Gasteiger partial charge is 0.440 e. The van der Waals surface area contributed by atoms with E-state index in [1.807, 2.05) is 45.0 Å². The molecule has 1 fully saturated rings. The second kappa shape index (κ2) is 6.89. The summed E-state index contributed by atoms with van der Waals surface area (Å²) in [6, 6.07) is 7.69. The van der Waals surface area contributed by atoms with E-state index in [1.54, 1.807) is 15.8 Å². The average molecular weight is 380 g/mol. The molecule has 28 heavy (non-hydrogen) atoms. The van der Waals surface area contributed by atoms with Gasteiger partial charge in [0, 0.05) is 25.2 Å². The van der Waals surface area contributed by atoms with Crippen molar-refractivity contribution in [2.45, 2.75) is 45.1 Å². The number of rotatable bonds is 3. The lowest BCUT2D eigenvalue weighted by molar-refractivity contribution is -0.127. The molecule has 3 aromatic rings. The van der Waals surface area contributed by atoms with Crippen LogP contribution in [-0.4, -0.2) is 44.4 Å². The minimum absolute atomic E-state index is 0.162. The number of hydrogen-bond acceptors (Lipinski definition) is 5. The van der Waals surface area contributed by atoms with Crippen LogP contribution in [-0.2, 0) is 10.3 Å². The van der Waals surface area contributed by atoms with Crippen molar-refractivity contribution in [3.05, 3.63) is 48.1 Å². The molecule has 7 heteroatoms. The van der Waals surface area contributed by atoms with Crippen molar-refractivity contribution in [2.24, 2.45) is 0 Å². The van der Waals surface area contributed by atoms with Gasteiger partial charge in [-0.2, -0.15) is 5.10 Å². The topological polar surface area (TPSA) is 81.2 Å². The Morgan fingerprint density at radius 2 is 1.86 bits per heavy atom. The zero-order valence-electron chi connectivity index (χ0n) is 16.4. The summed E-state index contributed by atoms with van der Waals surface area (Å²) in [5.41, 5.74) is 1.73. The van der Waals surface area contributed by atoms with Crippen molar-refractivity contribution in [3.8, 4) is 0 Å². The normalized spacial score (nSPS) is 15.9. The SMILES string of the molecule is CC(C)(C)n1cc(C(=O)C(=O)N2CCC(c3nc4ccccc4o3)CC2)cn1. The highest BCUT2D eigenvalue weighted by atomic mass is 16.3. The molecule has 1 aliphatic heterocycles. The second-order valence-corrected chi connectivity index (χ2v) is 8.26. The van der Waals surface area contributed by atoms with Gasteiger partial charge in [-0.3, -0.25) is 14.3 Å². The maximum absolute atomic E-state index is 12.6. The first-order valence-corrected chi connectivity index (χ1v) is 9.57. The number of piperidine rings is 1. The number of fused-ring (bicyclic) bond motifs is 1. The van der Waals surface area contributed by atoms with Crippen LogP contribution >= 0.6 is 0 Å². The van der Waals surface area contributed by atoms with Gasteiger partial charge in [0.2, 0.25) is 0 Å². The Morgan fingerprint density at radius 1 is 1.14 bits per heavy atom. The van der Waals surface area contributed by atoms with Gasteiger partial charge >= 0.3 is 0 Å². The van der Waals surface area contributed by atoms with Gasteiger partial charge in [0.1, 0.15) is 5.52 Å². The molecule has 0 aliphatic carbocycles. The third-order valence-corrected chi connectivity index (χ3v) is 5.17. The minimum Gasteiger partial charge on any atom is -0.440 e. The van der Waals surface area contributed by atoms with Crippen molar-refractivity contribution in [1.29, 1.82) is 0 Å². The van der Waals surface area contributed by atoms with Crippen LogP contribution in [0.4, 0.5) is 0 Å². The first-order valence-electron chi connectivity index (χ1n) is 9.57. The number of likely N-dealkylation sites (tertiary alicyclic amines) is 1. The van der Waals surface area contributed by atoms with Crippen molar-refractivity contribution < 1.29 is 14.0 Å². The Balaban J connectivity index is 1.41. The van der Waals surface area contributed by atoms with Crippen LogP contribution in [0.3, 0.4) is 0 Å². The Labute approximate surface area is 163 Å². The molecular formula is C21H24N4O3. The van der Waals surface area contributed by atoms with Crippen LogP contribution in [0, 0.1) is 0 Å². The number of oxazole rings is 1. The third kappa shape index (κ3) is 3.44. The van der Waals surface area contributed by atoms with Gasteiger partial charge in [0.15, 0.2) is 11.5 Å². The van der Waals surface area contributed by atoms with E-state index in [4.69, 9.17) is 4.42 Å². The maximum atomic E-state index is 12.6. The highest BCUT2D eigenvalue weighted by molar-refractivity contribution is 6.42. The Morgan fingerprint density at radius 3 is 2.50 bits per heavy atom. The molecule has 1 aromatic carbocycles. The number of amides is 1. The summed E-state index contributed by atoms with van der Waals surface area (Å²) in [7, 11) is 0. The highest BCUT2D eigenvalue weighted by Crippen LogP contribution is 2.30. The number of carbonyl (C=O) groups is 2. The molecule has 0 bridgehead atoms. The molecule has 1 amide bonds. The molecule has 0 saturated carbocycles. The zero-order chi connectivity index (χ0) is 19.9. The van der Waals surface area contributed by atoms with Crippen LogP contribution in [0.1, 0.15) is 55.8 Å². The zero-order valence-corrected chi connectivity index (χ0v) is 16.4. The summed E-state index contributed by atoms with van der Waals surface area (Å²) in [5, 5.41) is 4.21. The van der Waals surface area contributed by atoms with E-state index in [0.29, 0.717) is 24.5 Å². The number of para-hydroxylation sites is 2. The molecule has 7 nitrogen and oxygen atoms in total. The number of hydrogen-bond donors (Lipinski definition) is 0. The smallest absolute Gasteiger partial charge is 0.295 e. The quantitative estimate of drug-likeness (QED) is 0.514. The molecule has 3 heterocycles. The van der Waals surface area contributed by atoms with Crippen molar-refractivity contribution in [2.75, 3.05) is 13.1 Å². The fraction of sp³-hybridized carbons (Fsp3) is 0.429. The van der Waals surface area contributed by atoms with Crippen molar-refractivity contribution in [1.82, 2.24) is 19.7 Å². The molecule has 1 aliphatic rings. The molecule has 0 N–H and O–H groups in total. The predicted molar refractivity (Wildman–Crippen MR) is 104 cm³/mol. The predicted octanol–water partition coefficient (Wildman–Crippen LogP) is 3.37. The Bertz CT molecular complexity index is 987. The summed E-state index contributed by atoms with van der Waals surface area (Å²) in [6.45, 7) is 7.01. The maximum Gasteiger partial charge on any atom is 0.295 e. The van der Waals surface area contributed by atoms with Crippen molar-refractivity contribution in [3.63, 3.8) is 0 Å². The van der Waals surface area contributed by atoms with Gasteiger partial charge in [-0.05, 0) is 45.7 Å². The first kappa shape index (κ1) is 18.4. The second-order valence-electron chi connectivity index (χ2n) is 8.26. The summed E-state index contributed by atoms with van der Waals surface area (Å²) in [6.07, 6.45) is 4.57. The minimum atomic E-state index is -0.504. The monoisotopic (exact) mass is 380 g/mol. The summed E-state index contributed by atoms with van der Waals surface area (Å²) >= 11 is 0. The van der Waals surface area contributed by atoms with Gasteiger partial charge in [0.25, 0.3) is 11.7 Å². The van der Waals surface area contributed by atoms with Crippen LogP contribution in [0.2, 0.25) is 0 Å². The van der Waals surface area contributed by atoms with E-state index in [-0.39, 0.29) is 11.5 Å². The molecule has 4 rings (SSSR count). The number of aromatic nitrogens is 3. The lowest BCUT2D eigenvalue weighted by Crippen LogP contribution is -2.41. The number of carbonyl (C=O) groups excluding carboxylic acids is 2. The number of benzene rings is 1. The summed E-state index contributed by atoms with van der Waals surface area (Å²) in [4.78, 5) is 31.4. The van der Waals surface area contributed by atoms with Crippen LogP contribution < -0.4 is 0 Å². The van der Waals surface area contributed by atoms with E-state index in [9.17, 15) is 9.59 Å². The molecule has 2 aromatic heterocycles. The molecule has 0 spiro atoms. The Kier molecular flexibility index (Phi) is 4.53. The summed E-state index contributed by atoms with van der Waals surface area (Å²) in [5.74, 6) is -0.0958. The molecule has 0 unspecified atom stereocenters. The lowest BCUT2D eigenvalue weighted by Gasteiger charge is -2.30. The molecule has 146 valence electrons. The fourth-order valence-corrected chi connectivity index (χ4v) is 3.47. The van der Waals surface area contributed by atoms with Gasteiger partial charge in [-0.1, -0.05) is 12.1 Å². The van der Waals surface area contributed by atoms with E-state index in [0.717, 1.165) is 23.9 Å².